The second kappa shape index (κ2) is 5.50. The Kier molecular flexibility index (Phi) is 3.97. The van der Waals surface area contributed by atoms with Crippen molar-refractivity contribution in [1.82, 2.24) is 0 Å². The molecule has 0 atom stereocenters. The third-order valence-corrected chi connectivity index (χ3v) is 2.84. The van der Waals surface area contributed by atoms with Crippen molar-refractivity contribution in [2.24, 2.45) is 5.73 Å². The second-order valence-electron chi connectivity index (χ2n) is 4.08. The second-order valence-corrected chi connectivity index (χ2v) is 4.08. The number of ether oxygens (including phenoxy) is 2. The summed E-state index contributed by atoms with van der Waals surface area (Å²) in [6, 6.07) is 4.91. The number of hydrogen-bond acceptors (Lipinski definition) is 5. The molecular weight excluding hydrogens is 270 g/mol. The first kappa shape index (κ1) is 13.7. The molecule has 0 fully saturated rings. The highest BCUT2D eigenvalue weighted by Crippen LogP contribution is 2.36. The first-order valence-electron chi connectivity index (χ1n) is 5.85. The fourth-order valence-electron chi connectivity index (χ4n) is 2.04. The predicted molar refractivity (Wildman–Crippen MR) is 73.5 cm³/mol. The minimum atomic E-state index is -0.0864. The summed E-state index contributed by atoms with van der Waals surface area (Å²) in [4.78, 5) is 12.0. The first-order valence-corrected chi connectivity index (χ1v) is 5.85. The average molecular weight is 284 g/mol. The highest BCUT2D eigenvalue weighted by atomic mass is 35.5. The van der Waals surface area contributed by atoms with Gasteiger partial charge < -0.3 is 19.6 Å². The Labute approximate surface area is 115 Å². The minimum Gasteiger partial charge on any atom is -0.486 e. The first-order chi connectivity index (χ1) is 8.79. The number of benzene rings is 1. The quantitative estimate of drug-likeness (QED) is 0.904. The SMILES string of the molecule is Cl.NCCc1cc(=O)c2ccc3c(c2o1)OCCO3. The van der Waals surface area contributed by atoms with Gasteiger partial charge in [0, 0.05) is 12.5 Å². The lowest BCUT2D eigenvalue weighted by molar-refractivity contribution is 0.171. The monoisotopic (exact) mass is 283 g/mol. The van der Waals surface area contributed by atoms with Crippen LogP contribution in [0.1, 0.15) is 5.76 Å². The van der Waals surface area contributed by atoms with Crippen LogP contribution in [0, 0.1) is 0 Å². The molecule has 0 bridgehead atoms. The van der Waals surface area contributed by atoms with Crippen LogP contribution < -0.4 is 20.6 Å². The van der Waals surface area contributed by atoms with Gasteiger partial charge in [0.05, 0.1) is 5.39 Å². The van der Waals surface area contributed by atoms with Gasteiger partial charge in [-0.2, -0.15) is 0 Å². The lowest BCUT2D eigenvalue weighted by atomic mass is 10.1. The molecular formula is C13H14ClNO4. The molecule has 2 aromatic rings. The Bertz CT molecular complexity index is 653. The van der Waals surface area contributed by atoms with E-state index in [4.69, 9.17) is 19.6 Å². The highest BCUT2D eigenvalue weighted by molar-refractivity contribution is 5.85. The van der Waals surface area contributed by atoms with Crippen molar-refractivity contribution in [3.05, 3.63) is 34.2 Å². The summed E-state index contributed by atoms with van der Waals surface area (Å²) in [6.07, 6.45) is 0.524. The minimum absolute atomic E-state index is 0. The van der Waals surface area contributed by atoms with E-state index in [1.807, 2.05) is 0 Å². The fourth-order valence-corrected chi connectivity index (χ4v) is 2.04. The predicted octanol–water partition coefficient (Wildman–Crippen LogP) is 1.49. The Morgan fingerprint density at radius 3 is 2.79 bits per heavy atom. The van der Waals surface area contributed by atoms with Gasteiger partial charge in [-0.15, -0.1) is 12.4 Å². The maximum atomic E-state index is 12.0. The summed E-state index contributed by atoms with van der Waals surface area (Å²) in [5.41, 5.74) is 5.84. The van der Waals surface area contributed by atoms with E-state index >= 15 is 0 Å². The summed E-state index contributed by atoms with van der Waals surface area (Å²) in [7, 11) is 0. The van der Waals surface area contributed by atoms with Crippen LogP contribution in [0.2, 0.25) is 0 Å². The lowest BCUT2D eigenvalue weighted by Gasteiger charge is -2.19. The van der Waals surface area contributed by atoms with Crippen LogP contribution in [0.25, 0.3) is 11.0 Å². The summed E-state index contributed by atoms with van der Waals surface area (Å²) in [5.74, 6) is 1.69. The summed E-state index contributed by atoms with van der Waals surface area (Å²) in [5, 5.41) is 0.500. The van der Waals surface area contributed by atoms with E-state index in [9.17, 15) is 4.79 Å². The molecule has 1 aliphatic heterocycles. The molecule has 102 valence electrons. The number of nitrogens with two attached hydrogens (primary N) is 1. The number of fused-ring (bicyclic) bond motifs is 3. The van der Waals surface area contributed by atoms with Gasteiger partial charge in [0.1, 0.15) is 19.0 Å². The molecule has 1 aromatic heterocycles. The maximum Gasteiger partial charge on any atom is 0.205 e. The van der Waals surface area contributed by atoms with E-state index in [1.165, 1.54) is 6.07 Å². The van der Waals surface area contributed by atoms with Crippen LogP contribution in [-0.2, 0) is 6.42 Å². The van der Waals surface area contributed by atoms with Crippen molar-refractivity contribution in [2.45, 2.75) is 6.42 Å². The van der Waals surface area contributed by atoms with Crippen LogP contribution in [-0.4, -0.2) is 19.8 Å². The van der Waals surface area contributed by atoms with Crippen LogP contribution >= 0.6 is 12.4 Å². The number of hydrogen-bond donors (Lipinski definition) is 1. The largest absolute Gasteiger partial charge is 0.486 e. The molecule has 3 rings (SSSR count). The van der Waals surface area contributed by atoms with E-state index in [1.54, 1.807) is 12.1 Å². The van der Waals surface area contributed by atoms with Gasteiger partial charge in [0.2, 0.25) is 5.75 Å². The van der Waals surface area contributed by atoms with Crippen molar-refractivity contribution in [1.29, 1.82) is 0 Å². The normalized spacial score (nSPS) is 13.1. The van der Waals surface area contributed by atoms with Gasteiger partial charge in [0.15, 0.2) is 16.8 Å². The molecule has 1 aliphatic rings. The smallest absolute Gasteiger partial charge is 0.205 e. The van der Waals surface area contributed by atoms with Crippen molar-refractivity contribution < 1.29 is 13.9 Å². The number of rotatable bonds is 2. The fraction of sp³-hybridized carbons (Fsp3) is 0.308. The molecule has 0 unspecified atom stereocenters. The molecule has 0 saturated heterocycles. The van der Waals surface area contributed by atoms with E-state index in [2.05, 4.69) is 0 Å². The van der Waals surface area contributed by atoms with Gasteiger partial charge in [-0.05, 0) is 18.7 Å². The Hall–Kier alpha value is -1.72. The van der Waals surface area contributed by atoms with Gasteiger partial charge >= 0.3 is 0 Å². The topological polar surface area (TPSA) is 74.7 Å². The molecule has 0 aliphatic carbocycles. The van der Waals surface area contributed by atoms with Gasteiger partial charge in [-0.1, -0.05) is 0 Å². The van der Waals surface area contributed by atoms with Crippen LogP contribution in [0.4, 0.5) is 0 Å². The molecule has 5 nitrogen and oxygen atoms in total. The molecule has 6 heteroatoms. The summed E-state index contributed by atoms with van der Waals surface area (Å²) in [6.45, 7) is 1.39. The molecule has 2 N–H and O–H groups in total. The van der Waals surface area contributed by atoms with Gasteiger partial charge in [-0.25, -0.2) is 0 Å². The molecule has 19 heavy (non-hydrogen) atoms. The third-order valence-electron chi connectivity index (χ3n) is 2.84. The Morgan fingerprint density at radius 2 is 2.00 bits per heavy atom. The van der Waals surface area contributed by atoms with Crippen LogP contribution in [0.3, 0.4) is 0 Å². The van der Waals surface area contributed by atoms with E-state index in [0.29, 0.717) is 54.4 Å². The highest BCUT2D eigenvalue weighted by Gasteiger charge is 2.18. The zero-order chi connectivity index (χ0) is 12.5. The standard InChI is InChI=1S/C13H13NO4.ClH/c14-4-3-8-7-10(15)9-1-2-11-13(12(9)18-8)17-6-5-16-11;/h1-2,7H,3-6,14H2;1H. The Balaban J connectivity index is 0.00000133. The van der Waals surface area contributed by atoms with Crippen molar-refractivity contribution in [2.75, 3.05) is 19.8 Å². The molecule has 0 saturated carbocycles. The molecule has 0 radical (unpaired) electrons. The summed E-state index contributed by atoms with van der Waals surface area (Å²) < 4.78 is 16.7. The van der Waals surface area contributed by atoms with Crippen molar-refractivity contribution in [3.63, 3.8) is 0 Å². The van der Waals surface area contributed by atoms with Crippen molar-refractivity contribution in [3.8, 4) is 11.5 Å². The molecule has 0 spiro atoms. The third kappa shape index (κ3) is 2.39. The van der Waals surface area contributed by atoms with Crippen LogP contribution in [0.15, 0.2) is 27.4 Å². The van der Waals surface area contributed by atoms with Crippen LogP contribution in [0.5, 0.6) is 11.5 Å². The van der Waals surface area contributed by atoms with Crippen molar-refractivity contribution >= 4 is 23.4 Å². The number of halogens is 1. The van der Waals surface area contributed by atoms with E-state index in [0.717, 1.165) is 0 Å². The summed E-state index contributed by atoms with van der Waals surface area (Å²) >= 11 is 0. The molecule has 0 amide bonds. The molecule has 1 aromatic carbocycles. The zero-order valence-corrected chi connectivity index (χ0v) is 11.0. The van der Waals surface area contributed by atoms with E-state index in [-0.39, 0.29) is 17.8 Å². The van der Waals surface area contributed by atoms with Gasteiger partial charge in [0.25, 0.3) is 0 Å². The lowest BCUT2D eigenvalue weighted by Crippen LogP contribution is -2.16. The average Bonchev–Trinajstić information content (AvgIpc) is 2.39. The molecule has 2 heterocycles. The zero-order valence-electron chi connectivity index (χ0n) is 10.2. The Morgan fingerprint density at radius 1 is 1.21 bits per heavy atom. The van der Waals surface area contributed by atoms with E-state index < -0.39 is 0 Å². The maximum absolute atomic E-state index is 12.0. The van der Waals surface area contributed by atoms with Gasteiger partial charge in [-0.3, -0.25) is 4.79 Å².